The standard InChI is InChI=1S/C13H13N5O2/c1-17(2)7-10-5-11(18(19)20)4-8-3-9(6-14)13(15)16-12(8)10/h3-5H,7H2,1-2H3,(H2,15,16). The number of nitriles is 1. The summed E-state index contributed by atoms with van der Waals surface area (Å²) < 4.78 is 0. The Morgan fingerprint density at radius 2 is 2.15 bits per heavy atom. The third-order valence-electron chi connectivity index (χ3n) is 2.83. The predicted octanol–water partition coefficient (Wildman–Crippen LogP) is 1.66. The first-order valence-electron chi connectivity index (χ1n) is 5.84. The summed E-state index contributed by atoms with van der Waals surface area (Å²) in [5.41, 5.74) is 7.19. The quantitative estimate of drug-likeness (QED) is 0.671. The van der Waals surface area contributed by atoms with E-state index in [-0.39, 0.29) is 17.1 Å². The van der Waals surface area contributed by atoms with Gasteiger partial charge in [0.15, 0.2) is 0 Å². The summed E-state index contributed by atoms with van der Waals surface area (Å²) in [7, 11) is 3.72. The van der Waals surface area contributed by atoms with Crippen LogP contribution < -0.4 is 5.73 Å². The van der Waals surface area contributed by atoms with E-state index in [0.717, 1.165) is 0 Å². The van der Waals surface area contributed by atoms with Crippen LogP contribution >= 0.6 is 0 Å². The van der Waals surface area contributed by atoms with E-state index in [4.69, 9.17) is 11.0 Å². The van der Waals surface area contributed by atoms with Crippen molar-refractivity contribution in [3.63, 3.8) is 0 Å². The maximum atomic E-state index is 11.0. The number of fused-ring (bicyclic) bond motifs is 1. The Hall–Kier alpha value is -2.72. The van der Waals surface area contributed by atoms with Crippen LogP contribution in [0, 0.1) is 21.4 Å². The van der Waals surface area contributed by atoms with Gasteiger partial charge in [0.1, 0.15) is 11.9 Å². The predicted molar refractivity (Wildman–Crippen MR) is 74.9 cm³/mol. The molecule has 1 aromatic heterocycles. The van der Waals surface area contributed by atoms with Crippen LogP contribution in [0.25, 0.3) is 10.9 Å². The molecule has 0 bridgehead atoms. The van der Waals surface area contributed by atoms with Gasteiger partial charge < -0.3 is 10.6 Å². The summed E-state index contributed by atoms with van der Waals surface area (Å²) in [4.78, 5) is 16.6. The highest BCUT2D eigenvalue weighted by Crippen LogP contribution is 2.27. The molecule has 0 atom stereocenters. The highest BCUT2D eigenvalue weighted by molar-refractivity contribution is 5.87. The third kappa shape index (κ3) is 2.50. The number of non-ortho nitro benzene ring substituents is 1. The Kier molecular flexibility index (Phi) is 3.50. The first kappa shape index (κ1) is 13.7. The third-order valence-corrected chi connectivity index (χ3v) is 2.83. The number of rotatable bonds is 3. The van der Waals surface area contributed by atoms with Crippen LogP contribution in [0.5, 0.6) is 0 Å². The molecule has 1 heterocycles. The molecule has 0 fully saturated rings. The van der Waals surface area contributed by atoms with E-state index in [9.17, 15) is 10.1 Å². The maximum absolute atomic E-state index is 11.0. The molecule has 0 unspecified atom stereocenters. The largest absolute Gasteiger partial charge is 0.383 e. The minimum Gasteiger partial charge on any atom is -0.383 e. The molecule has 0 aliphatic rings. The molecule has 2 aromatic rings. The van der Waals surface area contributed by atoms with Gasteiger partial charge in [-0.15, -0.1) is 0 Å². The lowest BCUT2D eigenvalue weighted by Gasteiger charge is -2.12. The second kappa shape index (κ2) is 5.11. The van der Waals surface area contributed by atoms with Crippen LogP contribution in [-0.2, 0) is 6.54 Å². The van der Waals surface area contributed by atoms with Crippen molar-refractivity contribution >= 4 is 22.4 Å². The van der Waals surface area contributed by atoms with Gasteiger partial charge in [0.05, 0.1) is 16.0 Å². The zero-order valence-electron chi connectivity index (χ0n) is 11.1. The number of aromatic nitrogens is 1. The number of nitrogen functional groups attached to an aromatic ring is 1. The van der Waals surface area contributed by atoms with Crippen molar-refractivity contribution in [1.29, 1.82) is 5.26 Å². The van der Waals surface area contributed by atoms with E-state index in [0.29, 0.717) is 23.0 Å². The molecule has 7 heteroatoms. The van der Waals surface area contributed by atoms with Crippen molar-refractivity contribution in [1.82, 2.24) is 9.88 Å². The van der Waals surface area contributed by atoms with E-state index in [1.807, 2.05) is 25.1 Å². The SMILES string of the molecule is CN(C)Cc1cc([N+](=O)[O-])cc2cc(C#N)c(N)nc12. The normalized spacial score (nSPS) is 10.7. The zero-order valence-corrected chi connectivity index (χ0v) is 11.1. The molecule has 0 aliphatic heterocycles. The van der Waals surface area contributed by atoms with Crippen LogP contribution in [0.15, 0.2) is 18.2 Å². The zero-order chi connectivity index (χ0) is 14.9. The average molecular weight is 271 g/mol. The fraction of sp³-hybridized carbons (Fsp3) is 0.231. The van der Waals surface area contributed by atoms with E-state index in [1.165, 1.54) is 18.2 Å². The van der Waals surface area contributed by atoms with Gasteiger partial charge >= 0.3 is 0 Å². The number of anilines is 1. The summed E-state index contributed by atoms with van der Waals surface area (Å²) in [6, 6.07) is 6.35. The highest BCUT2D eigenvalue weighted by atomic mass is 16.6. The van der Waals surface area contributed by atoms with Gasteiger partial charge in [-0.1, -0.05) is 0 Å². The number of nitrogens with two attached hydrogens (primary N) is 1. The molecule has 0 spiro atoms. The first-order valence-corrected chi connectivity index (χ1v) is 5.84. The van der Waals surface area contributed by atoms with Crippen molar-refractivity contribution < 1.29 is 4.92 Å². The topological polar surface area (TPSA) is 109 Å². The number of nitro groups is 1. The summed E-state index contributed by atoms with van der Waals surface area (Å²) in [5.74, 6) is 0.133. The molecule has 7 nitrogen and oxygen atoms in total. The number of benzene rings is 1. The van der Waals surface area contributed by atoms with E-state index in [2.05, 4.69) is 4.98 Å². The molecular formula is C13H13N5O2. The molecule has 0 aliphatic carbocycles. The van der Waals surface area contributed by atoms with Crippen LogP contribution in [0.4, 0.5) is 11.5 Å². The van der Waals surface area contributed by atoms with Crippen molar-refractivity contribution in [3.05, 3.63) is 39.4 Å². The Morgan fingerprint density at radius 3 is 2.70 bits per heavy atom. The smallest absolute Gasteiger partial charge is 0.270 e. The van der Waals surface area contributed by atoms with Crippen LogP contribution in [0.1, 0.15) is 11.1 Å². The molecule has 0 amide bonds. The Morgan fingerprint density at radius 1 is 1.45 bits per heavy atom. The van der Waals surface area contributed by atoms with Gasteiger partial charge in [-0.3, -0.25) is 10.1 Å². The second-order valence-corrected chi connectivity index (χ2v) is 4.70. The Labute approximate surface area is 115 Å². The van der Waals surface area contributed by atoms with Gasteiger partial charge in [-0.05, 0) is 25.7 Å². The molecule has 0 saturated heterocycles. The molecular weight excluding hydrogens is 258 g/mol. The van der Waals surface area contributed by atoms with Crippen LogP contribution in [0.3, 0.4) is 0 Å². The van der Waals surface area contributed by atoms with Crippen LogP contribution in [0.2, 0.25) is 0 Å². The van der Waals surface area contributed by atoms with Crippen molar-refractivity contribution in [3.8, 4) is 6.07 Å². The molecule has 0 radical (unpaired) electrons. The van der Waals surface area contributed by atoms with Gasteiger partial charge in [0.2, 0.25) is 0 Å². The fourth-order valence-electron chi connectivity index (χ4n) is 2.01. The Balaban J connectivity index is 2.77. The fourth-order valence-corrected chi connectivity index (χ4v) is 2.01. The number of nitro benzene ring substituents is 1. The van der Waals surface area contributed by atoms with Crippen molar-refractivity contribution in [2.75, 3.05) is 19.8 Å². The molecule has 1 aromatic carbocycles. The number of hydrogen-bond donors (Lipinski definition) is 1. The summed E-state index contributed by atoms with van der Waals surface area (Å²) in [6.45, 7) is 0.497. The minimum atomic E-state index is -0.457. The average Bonchev–Trinajstić information content (AvgIpc) is 2.37. The van der Waals surface area contributed by atoms with Crippen molar-refractivity contribution in [2.45, 2.75) is 6.54 Å². The summed E-state index contributed by atoms with van der Waals surface area (Å²) in [6.07, 6.45) is 0. The monoisotopic (exact) mass is 271 g/mol. The lowest BCUT2D eigenvalue weighted by Crippen LogP contribution is -2.12. The number of pyridine rings is 1. The molecule has 102 valence electrons. The first-order chi connectivity index (χ1) is 9.42. The number of hydrogen-bond acceptors (Lipinski definition) is 6. The molecule has 20 heavy (non-hydrogen) atoms. The Bertz CT molecular complexity index is 734. The summed E-state index contributed by atoms with van der Waals surface area (Å²) in [5, 5.41) is 20.5. The number of nitrogens with zero attached hydrogens (tertiary/aromatic N) is 4. The van der Waals surface area contributed by atoms with Crippen LogP contribution in [-0.4, -0.2) is 28.9 Å². The molecule has 2 rings (SSSR count). The van der Waals surface area contributed by atoms with Gasteiger partial charge in [-0.25, -0.2) is 4.98 Å². The summed E-state index contributed by atoms with van der Waals surface area (Å²) >= 11 is 0. The van der Waals surface area contributed by atoms with E-state index in [1.54, 1.807) is 0 Å². The maximum Gasteiger partial charge on any atom is 0.270 e. The van der Waals surface area contributed by atoms with E-state index >= 15 is 0 Å². The lowest BCUT2D eigenvalue weighted by atomic mass is 10.1. The minimum absolute atomic E-state index is 0.0233. The van der Waals surface area contributed by atoms with Gasteiger partial charge in [0, 0.05) is 24.1 Å². The van der Waals surface area contributed by atoms with Gasteiger partial charge in [-0.2, -0.15) is 5.26 Å². The van der Waals surface area contributed by atoms with Crippen molar-refractivity contribution in [2.24, 2.45) is 0 Å². The van der Waals surface area contributed by atoms with Gasteiger partial charge in [0.25, 0.3) is 5.69 Å². The molecule has 2 N–H and O–H groups in total. The lowest BCUT2D eigenvalue weighted by molar-refractivity contribution is -0.384. The van der Waals surface area contributed by atoms with E-state index < -0.39 is 4.92 Å². The second-order valence-electron chi connectivity index (χ2n) is 4.70. The highest BCUT2D eigenvalue weighted by Gasteiger charge is 2.15. The molecule has 0 saturated carbocycles.